The van der Waals surface area contributed by atoms with Gasteiger partial charge in [0.15, 0.2) is 11.0 Å². The second kappa shape index (κ2) is 7.06. The van der Waals surface area contributed by atoms with Crippen LogP contribution in [0.5, 0.6) is 0 Å². The number of rotatable bonds is 3. The summed E-state index contributed by atoms with van der Waals surface area (Å²) in [5, 5.41) is 9.28. The van der Waals surface area contributed by atoms with Gasteiger partial charge in [-0.25, -0.2) is 14.4 Å². The van der Waals surface area contributed by atoms with E-state index in [1.807, 2.05) is 0 Å². The highest BCUT2D eigenvalue weighted by atomic mass is 32.2. The van der Waals surface area contributed by atoms with Crippen LogP contribution < -0.4 is 4.90 Å². The third-order valence-corrected chi connectivity index (χ3v) is 3.65. The van der Waals surface area contributed by atoms with Crippen LogP contribution in [0.2, 0.25) is 0 Å². The maximum Gasteiger partial charge on any atom is 0.418 e. The number of halogens is 4. The van der Waals surface area contributed by atoms with Crippen molar-refractivity contribution in [2.45, 2.75) is 18.3 Å². The molecule has 10 heteroatoms. The van der Waals surface area contributed by atoms with Gasteiger partial charge in [0, 0.05) is 6.92 Å². The summed E-state index contributed by atoms with van der Waals surface area (Å²) >= 11 is 1.05. The minimum absolute atomic E-state index is 0.116. The van der Waals surface area contributed by atoms with Gasteiger partial charge in [0.05, 0.1) is 17.4 Å². The quantitative estimate of drug-likeness (QED) is 0.465. The summed E-state index contributed by atoms with van der Waals surface area (Å²) in [7, 11) is 0. The first-order valence-corrected chi connectivity index (χ1v) is 7.90. The van der Waals surface area contributed by atoms with E-state index in [0.717, 1.165) is 37.0 Å². The molecule has 0 aliphatic rings. The van der Waals surface area contributed by atoms with Gasteiger partial charge in [0.1, 0.15) is 17.4 Å². The first kappa shape index (κ1) is 18.7. The summed E-state index contributed by atoms with van der Waals surface area (Å²) in [4.78, 5) is 20.3. The van der Waals surface area contributed by atoms with Crippen LogP contribution in [0.15, 0.2) is 29.6 Å². The molecule has 5 nitrogen and oxygen atoms in total. The fourth-order valence-corrected chi connectivity index (χ4v) is 2.42. The number of carbonyl (C=O) groups is 1. The molecule has 2 aromatic rings. The van der Waals surface area contributed by atoms with E-state index in [-0.39, 0.29) is 10.7 Å². The monoisotopic (exact) mass is 370 g/mol. The number of carbonyl (C=O) groups excluding carboxylic acids is 1. The Bertz CT molecular complexity index is 864. The number of nitrogens with zero attached hydrogens (tertiary/aromatic N) is 4. The zero-order valence-corrected chi connectivity index (χ0v) is 13.7. The van der Waals surface area contributed by atoms with Crippen molar-refractivity contribution in [2.24, 2.45) is 0 Å². The number of nitriles is 1. The van der Waals surface area contributed by atoms with Crippen molar-refractivity contribution in [1.29, 1.82) is 5.26 Å². The van der Waals surface area contributed by atoms with E-state index < -0.39 is 35.0 Å². The number of para-hydroxylation sites is 1. The summed E-state index contributed by atoms with van der Waals surface area (Å²) in [5.41, 5.74) is -2.62. The van der Waals surface area contributed by atoms with Gasteiger partial charge in [-0.1, -0.05) is 17.8 Å². The molecule has 0 unspecified atom stereocenters. The topological polar surface area (TPSA) is 69.9 Å². The van der Waals surface area contributed by atoms with Crippen LogP contribution in [0.4, 0.5) is 29.1 Å². The molecule has 0 radical (unpaired) electrons. The zero-order chi connectivity index (χ0) is 18.8. The van der Waals surface area contributed by atoms with Gasteiger partial charge in [-0.05, 0) is 18.4 Å². The molecule has 0 aliphatic heterocycles. The van der Waals surface area contributed by atoms with Crippen molar-refractivity contribution in [3.8, 4) is 6.07 Å². The molecule has 1 amide bonds. The van der Waals surface area contributed by atoms with Crippen molar-refractivity contribution >= 4 is 29.2 Å². The summed E-state index contributed by atoms with van der Waals surface area (Å²) in [6.45, 7) is 0.953. The van der Waals surface area contributed by atoms with Crippen LogP contribution in [0.3, 0.4) is 0 Å². The fourth-order valence-electron chi connectivity index (χ4n) is 2.09. The second-order valence-corrected chi connectivity index (χ2v) is 5.47. The Kier molecular flexibility index (Phi) is 5.27. The van der Waals surface area contributed by atoms with Crippen molar-refractivity contribution in [1.82, 2.24) is 9.97 Å². The van der Waals surface area contributed by atoms with Crippen molar-refractivity contribution < 1.29 is 22.4 Å². The Balaban J connectivity index is 2.83. The number of amides is 1. The number of hydrogen-bond acceptors (Lipinski definition) is 5. The summed E-state index contributed by atoms with van der Waals surface area (Å²) < 4.78 is 54.1. The molecule has 1 aromatic carbocycles. The molecule has 0 aliphatic carbocycles. The molecule has 0 spiro atoms. The molecule has 0 bridgehead atoms. The van der Waals surface area contributed by atoms with Gasteiger partial charge >= 0.3 is 6.18 Å². The molecule has 0 N–H and O–H groups in total. The number of hydrogen-bond donors (Lipinski definition) is 0. The van der Waals surface area contributed by atoms with Gasteiger partial charge in [-0.15, -0.1) is 0 Å². The standard InChI is InChI=1S/C15H10F4N4OS/c1-8(24)23(13-9(6-20)7-21-14(22-13)25-2)12-10(15(17,18)19)4-3-5-11(12)16/h3-5,7H,1-2H3. The van der Waals surface area contributed by atoms with E-state index in [9.17, 15) is 22.4 Å². The van der Waals surface area contributed by atoms with E-state index in [2.05, 4.69) is 9.97 Å². The number of benzene rings is 1. The number of anilines is 2. The predicted molar refractivity (Wildman–Crippen MR) is 82.8 cm³/mol. The van der Waals surface area contributed by atoms with Gasteiger partial charge in [0.2, 0.25) is 5.91 Å². The highest BCUT2D eigenvalue weighted by Gasteiger charge is 2.38. The second-order valence-electron chi connectivity index (χ2n) is 4.69. The third-order valence-electron chi connectivity index (χ3n) is 3.09. The SMILES string of the molecule is CSc1ncc(C#N)c(N(C(C)=O)c2c(F)cccc2C(F)(F)F)n1. The Morgan fingerprint density at radius 3 is 2.56 bits per heavy atom. The van der Waals surface area contributed by atoms with E-state index in [1.54, 1.807) is 12.3 Å². The molecular formula is C15H10F4N4OS. The molecule has 1 aromatic heterocycles. The maximum atomic E-state index is 14.3. The van der Waals surface area contributed by atoms with Gasteiger partial charge < -0.3 is 0 Å². The Morgan fingerprint density at radius 2 is 2.04 bits per heavy atom. The van der Waals surface area contributed by atoms with Crippen LogP contribution in [0.25, 0.3) is 0 Å². The highest BCUT2D eigenvalue weighted by Crippen LogP contribution is 2.41. The smallest absolute Gasteiger partial charge is 0.274 e. The lowest BCUT2D eigenvalue weighted by Gasteiger charge is -2.25. The van der Waals surface area contributed by atoms with Crippen LogP contribution in [-0.2, 0) is 11.0 Å². The lowest BCUT2D eigenvalue weighted by molar-refractivity contribution is -0.137. The molecule has 0 saturated carbocycles. The van der Waals surface area contributed by atoms with E-state index in [0.29, 0.717) is 11.0 Å². The number of alkyl halides is 3. The Morgan fingerprint density at radius 1 is 1.36 bits per heavy atom. The van der Waals surface area contributed by atoms with Crippen LogP contribution in [-0.4, -0.2) is 22.1 Å². The molecule has 1 heterocycles. The van der Waals surface area contributed by atoms with Crippen LogP contribution in [0.1, 0.15) is 18.1 Å². The summed E-state index contributed by atoms with van der Waals surface area (Å²) in [6.07, 6.45) is -2.24. The lowest BCUT2D eigenvalue weighted by atomic mass is 10.1. The van der Waals surface area contributed by atoms with E-state index in [1.165, 1.54) is 0 Å². The fraction of sp³-hybridized carbons (Fsp3) is 0.200. The Hall–Kier alpha value is -2.67. The lowest BCUT2D eigenvalue weighted by Crippen LogP contribution is -2.28. The minimum atomic E-state index is -4.91. The third kappa shape index (κ3) is 3.71. The molecule has 0 atom stereocenters. The van der Waals surface area contributed by atoms with Crippen molar-refractivity contribution in [3.63, 3.8) is 0 Å². The Labute approximate surface area is 144 Å². The summed E-state index contributed by atoms with van der Waals surface area (Å²) in [5.74, 6) is -2.61. The first-order valence-electron chi connectivity index (χ1n) is 6.68. The van der Waals surface area contributed by atoms with Gasteiger partial charge in [-0.3, -0.25) is 9.69 Å². The van der Waals surface area contributed by atoms with Crippen molar-refractivity contribution in [2.75, 3.05) is 11.2 Å². The minimum Gasteiger partial charge on any atom is -0.274 e. The highest BCUT2D eigenvalue weighted by molar-refractivity contribution is 7.98. The average Bonchev–Trinajstić information content (AvgIpc) is 2.55. The van der Waals surface area contributed by atoms with Gasteiger partial charge in [0.25, 0.3) is 0 Å². The maximum absolute atomic E-state index is 14.3. The first-order chi connectivity index (χ1) is 11.7. The van der Waals surface area contributed by atoms with Crippen LogP contribution in [0, 0.1) is 17.1 Å². The molecule has 0 saturated heterocycles. The molecule has 0 fully saturated rings. The van der Waals surface area contributed by atoms with Gasteiger partial charge in [-0.2, -0.15) is 18.4 Å². The summed E-state index contributed by atoms with van der Waals surface area (Å²) in [6, 6.07) is 4.03. The van der Waals surface area contributed by atoms with E-state index >= 15 is 0 Å². The molecule has 2 rings (SSSR count). The molecular weight excluding hydrogens is 360 g/mol. The number of aromatic nitrogens is 2. The molecule has 25 heavy (non-hydrogen) atoms. The zero-order valence-electron chi connectivity index (χ0n) is 12.9. The van der Waals surface area contributed by atoms with E-state index in [4.69, 9.17) is 5.26 Å². The normalized spacial score (nSPS) is 11.1. The van der Waals surface area contributed by atoms with Crippen molar-refractivity contribution in [3.05, 3.63) is 41.3 Å². The number of thioether (sulfide) groups is 1. The van der Waals surface area contributed by atoms with Crippen LogP contribution >= 0.6 is 11.8 Å². The predicted octanol–water partition coefficient (Wildman–Crippen LogP) is 3.91. The average molecular weight is 370 g/mol. The largest absolute Gasteiger partial charge is 0.418 e. The molecule has 130 valence electrons.